The van der Waals surface area contributed by atoms with Gasteiger partial charge in [0.1, 0.15) is 6.04 Å². The Hall–Kier alpha value is -2.30. The fourth-order valence-corrected chi connectivity index (χ4v) is 2.74. The first kappa shape index (κ1) is 15.6. The molecule has 23 heavy (non-hydrogen) atoms. The summed E-state index contributed by atoms with van der Waals surface area (Å²) in [4.78, 5) is 14.7. The molecule has 1 aromatic heterocycles. The number of hydrogen-bond donors (Lipinski definition) is 3. The fourth-order valence-electron chi connectivity index (χ4n) is 2.61. The summed E-state index contributed by atoms with van der Waals surface area (Å²) in [5.74, 6) is -0.857. The second-order valence-corrected chi connectivity index (χ2v) is 5.90. The lowest BCUT2D eigenvalue weighted by molar-refractivity contribution is -0.139. The predicted octanol–water partition coefficient (Wildman–Crippen LogP) is 3.61. The van der Waals surface area contributed by atoms with Crippen molar-refractivity contribution in [3.8, 4) is 0 Å². The van der Waals surface area contributed by atoms with E-state index in [1.807, 2.05) is 42.6 Å². The highest BCUT2D eigenvalue weighted by molar-refractivity contribution is 6.30. The number of benzene rings is 2. The van der Waals surface area contributed by atoms with Crippen molar-refractivity contribution in [2.24, 2.45) is 0 Å². The first-order chi connectivity index (χ1) is 11.1. The van der Waals surface area contributed by atoms with Gasteiger partial charge >= 0.3 is 5.97 Å². The number of carboxylic acids is 1. The number of carboxylic acid groups (broad SMARTS) is 1. The quantitative estimate of drug-likeness (QED) is 0.647. The maximum atomic E-state index is 11.5. The number of nitrogens with one attached hydrogen (secondary N) is 2. The van der Waals surface area contributed by atoms with Crippen LogP contribution in [0.25, 0.3) is 10.9 Å². The summed E-state index contributed by atoms with van der Waals surface area (Å²) in [7, 11) is 0. The van der Waals surface area contributed by atoms with Crippen LogP contribution in [0.3, 0.4) is 0 Å². The number of fused-ring (bicyclic) bond motifs is 1. The molecule has 0 aliphatic heterocycles. The number of carbonyl (C=O) groups is 1. The Bertz CT molecular complexity index is 811. The molecule has 0 aliphatic carbocycles. The minimum absolute atomic E-state index is 0.424. The third-order valence-corrected chi connectivity index (χ3v) is 4.11. The van der Waals surface area contributed by atoms with Crippen molar-refractivity contribution in [1.29, 1.82) is 0 Å². The molecule has 0 radical (unpaired) electrons. The highest BCUT2D eigenvalue weighted by atomic mass is 35.5. The Morgan fingerprint density at radius 3 is 2.65 bits per heavy atom. The summed E-state index contributed by atoms with van der Waals surface area (Å²) in [6, 6.07) is 14.6. The monoisotopic (exact) mass is 328 g/mol. The van der Waals surface area contributed by atoms with Crippen LogP contribution >= 0.6 is 11.6 Å². The van der Waals surface area contributed by atoms with Gasteiger partial charge in [0.05, 0.1) is 0 Å². The molecule has 0 aliphatic rings. The van der Waals surface area contributed by atoms with Crippen molar-refractivity contribution in [3.05, 3.63) is 70.9 Å². The average molecular weight is 329 g/mol. The van der Waals surface area contributed by atoms with Gasteiger partial charge in [0.15, 0.2) is 0 Å². The maximum absolute atomic E-state index is 11.5. The first-order valence-electron chi connectivity index (χ1n) is 7.39. The van der Waals surface area contributed by atoms with Gasteiger partial charge in [0, 0.05) is 35.1 Å². The van der Waals surface area contributed by atoms with Crippen LogP contribution in [-0.2, 0) is 17.8 Å². The topological polar surface area (TPSA) is 65.1 Å². The molecule has 1 atom stereocenters. The largest absolute Gasteiger partial charge is 0.480 e. The molecule has 3 N–H and O–H groups in total. The van der Waals surface area contributed by atoms with E-state index in [0.29, 0.717) is 18.0 Å². The molecule has 1 heterocycles. The highest BCUT2D eigenvalue weighted by Crippen LogP contribution is 2.19. The van der Waals surface area contributed by atoms with Crippen LogP contribution in [-0.4, -0.2) is 22.1 Å². The smallest absolute Gasteiger partial charge is 0.321 e. The standard InChI is InChI=1S/C18H17ClN2O2/c19-14-7-5-12(6-8-14)10-20-17(18(22)23)9-13-11-21-16-4-2-1-3-15(13)16/h1-8,11,17,20-21H,9-10H2,(H,22,23)/t17-/m1/s1. The third kappa shape index (κ3) is 3.73. The van der Waals surface area contributed by atoms with Crippen molar-refractivity contribution >= 4 is 28.5 Å². The second kappa shape index (κ2) is 6.86. The molecule has 0 fully saturated rings. The van der Waals surface area contributed by atoms with Gasteiger partial charge in [-0.15, -0.1) is 0 Å². The van der Waals surface area contributed by atoms with Crippen LogP contribution in [0.5, 0.6) is 0 Å². The Balaban J connectivity index is 1.71. The van der Waals surface area contributed by atoms with Gasteiger partial charge in [-0.1, -0.05) is 41.9 Å². The highest BCUT2D eigenvalue weighted by Gasteiger charge is 2.19. The zero-order valence-electron chi connectivity index (χ0n) is 12.4. The predicted molar refractivity (Wildman–Crippen MR) is 91.7 cm³/mol. The maximum Gasteiger partial charge on any atom is 0.321 e. The Labute approximate surface area is 139 Å². The van der Waals surface area contributed by atoms with E-state index in [1.165, 1.54) is 0 Å². The first-order valence-corrected chi connectivity index (χ1v) is 7.77. The Morgan fingerprint density at radius 2 is 1.91 bits per heavy atom. The molecule has 3 aromatic rings. The summed E-state index contributed by atoms with van der Waals surface area (Å²) in [6.45, 7) is 0.483. The molecule has 0 spiro atoms. The number of halogens is 1. The van der Waals surface area contributed by atoms with Crippen molar-refractivity contribution in [3.63, 3.8) is 0 Å². The van der Waals surface area contributed by atoms with E-state index >= 15 is 0 Å². The normalized spacial score (nSPS) is 12.4. The molecule has 0 saturated carbocycles. The number of rotatable bonds is 6. The van der Waals surface area contributed by atoms with Gasteiger partial charge < -0.3 is 15.4 Å². The van der Waals surface area contributed by atoms with Crippen LogP contribution in [0.2, 0.25) is 5.02 Å². The number of H-pyrrole nitrogens is 1. The molecular formula is C18H17ClN2O2. The van der Waals surface area contributed by atoms with Crippen LogP contribution < -0.4 is 5.32 Å². The van der Waals surface area contributed by atoms with Gasteiger partial charge in [0.2, 0.25) is 0 Å². The molecule has 4 nitrogen and oxygen atoms in total. The van der Waals surface area contributed by atoms with E-state index < -0.39 is 12.0 Å². The van der Waals surface area contributed by atoms with Gasteiger partial charge in [-0.2, -0.15) is 0 Å². The average Bonchev–Trinajstić information content (AvgIpc) is 2.96. The van der Waals surface area contributed by atoms with Crippen molar-refractivity contribution in [2.45, 2.75) is 19.0 Å². The lowest BCUT2D eigenvalue weighted by atomic mass is 10.0. The summed E-state index contributed by atoms with van der Waals surface area (Å²) in [5, 5.41) is 14.3. The number of para-hydroxylation sites is 1. The van der Waals surface area contributed by atoms with E-state index in [0.717, 1.165) is 22.0 Å². The fraction of sp³-hybridized carbons (Fsp3) is 0.167. The zero-order chi connectivity index (χ0) is 16.2. The summed E-state index contributed by atoms with van der Waals surface area (Å²) in [6.07, 6.45) is 2.30. The SMILES string of the molecule is O=C(O)[C@@H](Cc1c[nH]c2ccccc12)NCc1ccc(Cl)cc1. The molecule has 0 unspecified atom stereocenters. The molecule has 5 heteroatoms. The van der Waals surface area contributed by atoms with E-state index in [1.54, 1.807) is 12.1 Å². The summed E-state index contributed by atoms with van der Waals surface area (Å²) >= 11 is 5.86. The van der Waals surface area contributed by atoms with Crippen LogP contribution in [0, 0.1) is 0 Å². The summed E-state index contributed by atoms with van der Waals surface area (Å²) in [5.41, 5.74) is 3.01. The van der Waals surface area contributed by atoms with Gasteiger partial charge in [-0.25, -0.2) is 0 Å². The minimum atomic E-state index is -0.857. The molecule has 2 aromatic carbocycles. The van der Waals surface area contributed by atoms with Crippen molar-refractivity contribution < 1.29 is 9.90 Å². The molecular weight excluding hydrogens is 312 g/mol. The lowest BCUT2D eigenvalue weighted by Crippen LogP contribution is -2.38. The van der Waals surface area contributed by atoms with E-state index in [-0.39, 0.29) is 0 Å². The number of aliphatic carboxylic acids is 1. The van der Waals surface area contributed by atoms with E-state index in [2.05, 4.69) is 10.3 Å². The van der Waals surface area contributed by atoms with E-state index in [4.69, 9.17) is 11.6 Å². The zero-order valence-corrected chi connectivity index (χ0v) is 13.2. The number of aromatic amines is 1. The second-order valence-electron chi connectivity index (χ2n) is 5.46. The Morgan fingerprint density at radius 1 is 1.17 bits per heavy atom. The van der Waals surface area contributed by atoms with Crippen molar-refractivity contribution in [1.82, 2.24) is 10.3 Å². The van der Waals surface area contributed by atoms with E-state index in [9.17, 15) is 9.90 Å². The van der Waals surface area contributed by atoms with Crippen LogP contribution in [0.4, 0.5) is 0 Å². The summed E-state index contributed by atoms with van der Waals surface area (Å²) < 4.78 is 0. The molecule has 3 rings (SSSR count). The van der Waals surface area contributed by atoms with Gasteiger partial charge in [-0.3, -0.25) is 4.79 Å². The molecule has 0 bridgehead atoms. The number of aromatic nitrogens is 1. The van der Waals surface area contributed by atoms with Crippen LogP contribution in [0.1, 0.15) is 11.1 Å². The number of hydrogen-bond acceptors (Lipinski definition) is 2. The van der Waals surface area contributed by atoms with Crippen LogP contribution in [0.15, 0.2) is 54.7 Å². The molecule has 0 amide bonds. The van der Waals surface area contributed by atoms with Crippen molar-refractivity contribution in [2.75, 3.05) is 0 Å². The van der Waals surface area contributed by atoms with Gasteiger partial charge in [0.25, 0.3) is 0 Å². The lowest BCUT2D eigenvalue weighted by Gasteiger charge is -2.14. The van der Waals surface area contributed by atoms with Gasteiger partial charge in [-0.05, 0) is 29.3 Å². The molecule has 0 saturated heterocycles. The Kier molecular flexibility index (Phi) is 4.65. The molecule has 118 valence electrons. The minimum Gasteiger partial charge on any atom is -0.480 e. The third-order valence-electron chi connectivity index (χ3n) is 3.86.